The van der Waals surface area contributed by atoms with Crippen LogP contribution in [0.2, 0.25) is 0 Å². The Hall–Kier alpha value is -0.630. The lowest BCUT2D eigenvalue weighted by Gasteiger charge is -2.16. The van der Waals surface area contributed by atoms with Crippen LogP contribution in [0.15, 0.2) is 11.1 Å². The highest BCUT2D eigenvalue weighted by atomic mass is 127. The third-order valence-electron chi connectivity index (χ3n) is 3.42. The van der Waals surface area contributed by atoms with Gasteiger partial charge in [0.05, 0.1) is 6.33 Å². The molecule has 1 aliphatic carbocycles. The molecule has 0 radical (unpaired) electrons. The standard InChI is InChI=1S/C11H15IN4O/c12-9-10(13-6-14-11(9)17)15-7-3-4-16(5-7)8-1-2-8/h6-8H,1-5H2,(H2,13,14,15,17). The smallest absolute Gasteiger partial charge is 0.266 e. The Morgan fingerprint density at radius 1 is 1.47 bits per heavy atom. The summed E-state index contributed by atoms with van der Waals surface area (Å²) in [6.45, 7) is 2.25. The lowest BCUT2D eigenvalue weighted by atomic mass is 10.2. The second-order valence-corrected chi connectivity index (χ2v) is 5.83. The van der Waals surface area contributed by atoms with Gasteiger partial charge in [0.15, 0.2) is 0 Å². The molecular weight excluding hydrogens is 331 g/mol. The summed E-state index contributed by atoms with van der Waals surface area (Å²) in [5.41, 5.74) is -0.0693. The topological polar surface area (TPSA) is 61.0 Å². The van der Waals surface area contributed by atoms with E-state index in [4.69, 9.17) is 0 Å². The molecule has 0 aromatic carbocycles. The predicted octanol–water partition coefficient (Wildman–Crippen LogP) is 1.02. The van der Waals surface area contributed by atoms with Crippen molar-refractivity contribution in [2.75, 3.05) is 18.4 Å². The number of nitrogens with zero attached hydrogens (tertiary/aromatic N) is 2. The molecule has 3 rings (SSSR count). The molecule has 2 aliphatic rings. The minimum atomic E-state index is -0.0693. The minimum Gasteiger partial charge on any atom is -0.365 e. The van der Waals surface area contributed by atoms with Crippen molar-refractivity contribution in [1.29, 1.82) is 0 Å². The Labute approximate surface area is 113 Å². The van der Waals surface area contributed by atoms with E-state index < -0.39 is 0 Å². The molecule has 92 valence electrons. The molecule has 1 aromatic rings. The normalized spacial score (nSPS) is 25.1. The zero-order valence-corrected chi connectivity index (χ0v) is 11.6. The number of hydrogen-bond acceptors (Lipinski definition) is 4. The first-order chi connectivity index (χ1) is 8.24. The van der Waals surface area contributed by atoms with Crippen LogP contribution >= 0.6 is 22.6 Å². The summed E-state index contributed by atoms with van der Waals surface area (Å²) < 4.78 is 0.648. The van der Waals surface area contributed by atoms with Crippen molar-refractivity contribution in [2.24, 2.45) is 0 Å². The Morgan fingerprint density at radius 2 is 2.29 bits per heavy atom. The highest BCUT2D eigenvalue weighted by Gasteiger charge is 2.34. The van der Waals surface area contributed by atoms with E-state index in [2.05, 4.69) is 20.2 Å². The number of aromatic nitrogens is 2. The van der Waals surface area contributed by atoms with Crippen molar-refractivity contribution in [3.05, 3.63) is 20.3 Å². The van der Waals surface area contributed by atoms with Gasteiger partial charge in [0.25, 0.3) is 5.56 Å². The van der Waals surface area contributed by atoms with Gasteiger partial charge in [0, 0.05) is 25.2 Å². The van der Waals surface area contributed by atoms with Gasteiger partial charge in [-0.05, 0) is 41.9 Å². The minimum absolute atomic E-state index is 0.0693. The van der Waals surface area contributed by atoms with Crippen LogP contribution in [0.5, 0.6) is 0 Å². The third-order valence-corrected chi connectivity index (χ3v) is 4.42. The molecular formula is C11H15IN4O. The van der Waals surface area contributed by atoms with Crippen molar-refractivity contribution in [1.82, 2.24) is 14.9 Å². The van der Waals surface area contributed by atoms with E-state index >= 15 is 0 Å². The van der Waals surface area contributed by atoms with Crippen LogP contribution in [0.1, 0.15) is 19.3 Å². The number of aromatic amines is 1. The van der Waals surface area contributed by atoms with Crippen LogP contribution in [0.3, 0.4) is 0 Å². The van der Waals surface area contributed by atoms with Gasteiger partial charge in [-0.25, -0.2) is 4.98 Å². The van der Waals surface area contributed by atoms with Crippen molar-refractivity contribution >= 4 is 28.4 Å². The number of halogens is 1. The fraction of sp³-hybridized carbons (Fsp3) is 0.636. The van der Waals surface area contributed by atoms with Gasteiger partial charge in [0.2, 0.25) is 0 Å². The SMILES string of the molecule is O=c1[nH]cnc(NC2CCN(C3CC3)C2)c1I. The zero-order chi connectivity index (χ0) is 11.8. The summed E-state index contributed by atoms with van der Waals surface area (Å²) in [5.74, 6) is 0.719. The van der Waals surface area contributed by atoms with E-state index in [1.165, 1.54) is 25.7 Å². The van der Waals surface area contributed by atoms with Crippen molar-refractivity contribution in [2.45, 2.75) is 31.3 Å². The highest BCUT2D eigenvalue weighted by molar-refractivity contribution is 14.1. The van der Waals surface area contributed by atoms with Gasteiger partial charge >= 0.3 is 0 Å². The molecule has 5 nitrogen and oxygen atoms in total. The summed E-state index contributed by atoms with van der Waals surface area (Å²) in [7, 11) is 0. The summed E-state index contributed by atoms with van der Waals surface area (Å²) in [6.07, 6.45) is 5.31. The number of H-pyrrole nitrogens is 1. The van der Waals surface area contributed by atoms with E-state index in [9.17, 15) is 4.79 Å². The van der Waals surface area contributed by atoms with Crippen LogP contribution < -0.4 is 10.9 Å². The molecule has 1 aromatic heterocycles. The van der Waals surface area contributed by atoms with Crippen LogP contribution in [-0.2, 0) is 0 Å². The third kappa shape index (κ3) is 2.47. The highest BCUT2D eigenvalue weighted by Crippen LogP contribution is 2.30. The molecule has 1 saturated heterocycles. The molecule has 0 spiro atoms. The maximum absolute atomic E-state index is 11.4. The molecule has 0 amide bonds. The van der Waals surface area contributed by atoms with E-state index in [1.807, 2.05) is 22.6 Å². The van der Waals surface area contributed by atoms with Gasteiger partial charge in [-0.1, -0.05) is 0 Å². The summed E-state index contributed by atoms with van der Waals surface area (Å²) in [5, 5.41) is 3.38. The van der Waals surface area contributed by atoms with Gasteiger partial charge in [-0.3, -0.25) is 9.69 Å². The van der Waals surface area contributed by atoms with E-state index in [1.54, 1.807) is 0 Å². The first-order valence-electron chi connectivity index (χ1n) is 5.98. The molecule has 2 fully saturated rings. The molecule has 2 N–H and O–H groups in total. The first-order valence-corrected chi connectivity index (χ1v) is 7.05. The average molecular weight is 346 g/mol. The van der Waals surface area contributed by atoms with E-state index in [0.717, 1.165) is 24.8 Å². The van der Waals surface area contributed by atoms with Gasteiger partial charge < -0.3 is 10.3 Å². The largest absolute Gasteiger partial charge is 0.365 e. The quantitative estimate of drug-likeness (QED) is 0.803. The molecule has 1 unspecified atom stereocenters. The Morgan fingerprint density at radius 3 is 3.06 bits per heavy atom. The maximum atomic E-state index is 11.4. The molecule has 6 heteroatoms. The fourth-order valence-electron chi connectivity index (χ4n) is 2.35. The Balaban J connectivity index is 1.67. The predicted molar refractivity (Wildman–Crippen MR) is 74.2 cm³/mol. The van der Waals surface area contributed by atoms with Crippen LogP contribution in [-0.4, -0.2) is 40.0 Å². The number of hydrogen-bond donors (Lipinski definition) is 2. The summed E-state index contributed by atoms with van der Waals surface area (Å²) in [6, 6.07) is 1.26. The molecule has 1 aliphatic heterocycles. The van der Waals surface area contributed by atoms with Crippen molar-refractivity contribution < 1.29 is 0 Å². The van der Waals surface area contributed by atoms with Crippen LogP contribution in [0.25, 0.3) is 0 Å². The monoisotopic (exact) mass is 346 g/mol. The molecule has 0 bridgehead atoms. The number of likely N-dealkylation sites (tertiary alicyclic amines) is 1. The molecule has 1 saturated carbocycles. The summed E-state index contributed by atoms with van der Waals surface area (Å²) in [4.78, 5) is 20.8. The molecule has 17 heavy (non-hydrogen) atoms. The molecule has 2 heterocycles. The average Bonchev–Trinajstić information content (AvgIpc) is 3.06. The zero-order valence-electron chi connectivity index (χ0n) is 9.45. The first kappa shape index (κ1) is 11.5. The van der Waals surface area contributed by atoms with Gasteiger partial charge in [-0.15, -0.1) is 0 Å². The van der Waals surface area contributed by atoms with Crippen molar-refractivity contribution in [3.8, 4) is 0 Å². The van der Waals surface area contributed by atoms with Gasteiger partial charge in [-0.2, -0.15) is 0 Å². The van der Waals surface area contributed by atoms with Gasteiger partial charge in [0.1, 0.15) is 9.39 Å². The van der Waals surface area contributed by atoms with Crippen molar-refractivity contribution in [3.63, 3.8) is 0 Å². The van der Waals surface area contributed by atoms with Crippen LogP contribution in [0, 0.1) is 3.57 Å². The van der Waals surface area contributed by atoms with Crippen LogP contribution in [0.4, 0.5) is 5.82 Å². The number of nitrogens with one attached hydrogen (secondary N) is 2. The Bertz CT molecular complexity index is 471. The second kappa shape index (κ2) is 4.56. The Kier molecular flexibility index (Phi) is 3.08. The molecule has 1 atom stereocenters. The number of rotatable bonds is 3. The lowest BCUT2D eigenvalue weighted by Crippen LogP contribution is -2.29. The summed E-state index contributed by atoms with van der Waals surface area (Å²) >= 11 is 2.04. The van der Waals surface area contributed by atoms with E-state index in [-0.39, 0.29) is 5.56 Å². The second-order valence-electron chi connectivity index (χ2n) is 4.75. The lowest BCUT2D eigenvalue weighted by molar-refractivity contribution is 0.326. The maximum Gasteiger partial charge on any atom is 0.266 e. The fourth-order valence-corrected chi connectivity index (χ4v) is 2.80. The van der Waals surface area contributed by atoms with E-state index in [0.29, 0.717) is 9.61 Å². The number of anilines is 1.